The van der Waals surface area contributed by atoms with E-state index in [0.717, 1.165) is 32.0 Å². The van der Waals surface area contributed by atoms with Crippen LogP contribution in [0.25, 0.3) is 21.3 Å². The zero-order valence-corrected chi connectivity index (χ0v) is 18.0. The van der Waals surface area contributed by atoms with E-state index in [1.165, 1.54) is 0 Å². The number of hydrogen-bond acceptors (Lipinski definition) is 7. The van der Waals surface area contributed by atoms with Crippen LogP contribution in [0.3, 0.4) is 0 Å². The Hall–Kier alpha value is -3.39. The quantitative estimate of drug-likeness (QED) is 0.474. The van der Waals surface area contributed by atoms with Crippen molar-refractivity contribution < 1.29 is 9.47 Å². The Morgan fingerprint density at radius 1 is 1.07 bits per heavy atom. The van der Waals surface area contributed by atoms with Crippen LogP contribution in [0.2, 0.25) is 0 Å². The number of pyridine rings is 1. The Labute approximate surface area is 177 Å². The molecule has 0 radical (unpaired) electrons. The molecule has 0 saturated carbocycles. The zero-order chi connectivity index (χ0) is 21.3. The van der Waals surface area contributed by atoms with Crippen LogP contribution in [-0.2, 0) is 0 Å². The minimum Gasteiger partial charge on any atom is -0.493 e. The molecule has 4 rings (SSSR count). The first kappa shape index (κ1) is 19.9. The molecule has 7 nitrogen and oxygen atoms in total. The third-order valence-corrected chi connectivity index (χ3v) is 6.10. The number of hydrogen-bond donors (Lipinski definition) is 2. The maximum absolute atomic E-state index is 11.6. The molecule has 154 valence electrons. The molecule has 0 saturated heterocycles. The second kappa shape index (κ2) is 8.16. The first-order chi connectivity index (χ1) is 14.5. The number of H-pyrrole nitrogens is 1. The fourth-order valence-electron chi connectivity index (χ4n) is 3.30. The second-order valence-corrected chi connectivity index (χ2v) is 7.97. The number of fused-ring (bicyclic) bond motifs is 1. The van der Waals surface area contributed by atoms with Crippen molar-refractivity contribution in [2.75, 3.05) is 19.5 Å². The standard InChI is InChI=1S/C22H22N4O3S/c1-12(19-5-6-20(30-19)14-7-8-23-21(27)9-14)24-22-15-10-17(28-3)18(29-4)11-16(15)25-13(2)26-22/h5-12H,1-4H3,(H,23,27)(H,24,25,26). The van der Waals surface area contributed by atoms with E-state index in [0.29, 0.717) is 17.3 Å². The number of aryl methyl sites for hydroxylation is 1. The van der Waals surface area contributed by atoms with Gasteiger partial charge in [0.05, 0.1) is 25.8 Å². The number of rotatable bonds is 6. The number of aromatic amines is 1. The molecule has 1 atom stereocenters. The minimum absolute atomic E-state index is 0.0105. The van der Waals surface area contributed by atoms with Gasteiger partial charge in [-0.25, -0.2) is 9.97 Å². The van der Waals surface area contributed by atoms with Gasteiger partial charge in [0.1, 0.15) is 11.6 Å². The van der Waals surface area contributed by atoms with E-state index in [1.807, 2.05) is 31.2 Å². The summed E-state index contributed by atoms with van der Waals surface area (Å²) in [7, 11) is 3.21. The fraction of sp³-hybridized carbons (Fsp3) is 0.227. The van der Waals surface area contributed by atoms with Gasteiger partial charge in [0, 0.05) is 33.5 Å². The minimum atomic E-state index is -0.110. The second-order valence-electron chi connectivity index (χ2n) is 6.85. The van der Waals surface area contributed by atoms with Gasteiger partial charge in [-0.2, -0.15) is 0 Å². The third kappa shape index (κ3) is 3.86. The number of nitrogens with one attached hydrogen (secondary N) is 2. The van der Waals surface area contributed by atoms with Crippen LogP contribution >= 0.6 is 11.3 Å². The van der Waals surface area contributed by atoms with Gasteiger partial charge >= 0.3 is 0 Å². The van der Waals surface area contributed by atoms with Crippen molar-refractivity contribution >= 4 is 28.1 Å². The average Bonchev–Trinajstić information content (AvgIpc) is 3.23. The SMILES string of the molecule is COc1cc2nc(C)nc(NC(C)c3ccc(-c4cc[nH]c(=O)c4)s3)c2cc1OC. The highest BCUT2D eigenvalue weighted by Gasteiger charge is 2.16. The predicted octanol–water partition coefficient (Wildman–Crippen LogP) is 4.55. The molecule has 0 aliphatic heterocycles. The van der Waals surface area contributed by atoms with Crippen LogP contribution < -0.4 is 20.3 Å². The van der Waals surface area contributed by atoms with E-state index < -0.39 is 0 Å². The summed E-state index contributed by atoms with van der Waals surface area (Å²) >= 11 is 1.64. The molecule has 1 aromatic carbocycles. The number of methoxy groups -OCH3 is 2. The molecule has 0 aliphatic rings. The van der Waals surface area contributed by atoms with Crippen molar-refractivity contribution in [3.63, 3.8) is 0 Å². The predicted molar refractivity (Wildman–Crippen MR) is 120 cm³/mol. The van der Waals surface area contributed by atoms with E-state index in [9.17, 15) is 4.79 Å². The monoisotopic (exact) mass is 422 g/mol. The molecule has 1 unspecified atom stereocenters. The summed E-state index contributed by atoms with van der Waals surface area (Å²) in [6.45, 7) is 3.94. The summed E-state index contributed by atoms with van der Waals surface area (Å²) < 4.78 is 10.8. The molecule has 4 aromatic rings. The molecule has 30 heavy (non-hydrogen) atoms. The van der Waals surface area contributed by atoms with Crippen molar-refractivity contribution in [2.45, 2.75) is 19.9 Å². The van der Waals surface area contributed by atoms with Gasteiger partial charge in [-0.15, -0.1) is 11.3 Å². The topological polar surface area (TPSA) is 89.1 Å². The van der Waals surface area contributed by atoms with Crippen LogP contribution in [0.1, 0.15) is 23.7 Å². The molecule has 3 heterocycles. The summed E-state index contributed by atoms with van der Waals surface area (Å²) in [6.07, 6.45) is 1.66. The zero-order valence-electron chi connectivity index (χ0n) is 17.1. The summed E-state index contributed by atoms with van der Waals surface area (Å²) in [6, 6.07) is 11.4. The first-order valence-corrected chi connectivity index (χ1v) is 10.3. The lowest BCUT2D eigenvalue weighted by molar-refractivity contribution is 0.356. The van der Waals surface area contributed by atoms with Crippen LogP contribution in [0.5, 0.6) is 11.5 Å². The average molecular weight is 423 g/mol. The van der Waals surface area contributed by atoms with Gasteiger partial charge < -0.3 is 19.8 Å². The van der Waals surface area contributed by atoms with Crippen molar-refractivity contribution in [2.24, 2.45) is 0 Å². The highest BCUT2D eigenvalue weighted by Crippen LogP contribution is 2.36. The van der Waals surface area contributed by atoms with E-state index >= 15 is 0 Å². The third-order valence-electron chi connectivity index (χ3n) is 4.78. The lowest BCUT2D eigenvalue weighted by atomic mass is 10.2. The Bertz CT molecular complexity index is 1260. The Morgan fingerprint density at radius 2 is 1.83 bits per heavy atom. The smallest absolute Gasteiger partial charge is 0.248 e. The van der Waals surface area contributed by atoms with Gasteiger partial charge in [-0.1, -0.05) is 0 Å². The lowest BCUT2D eigenvalue weighted by Crippen LogP contribution is -2.08. The summed E-state index contributed by atoms with van der Waals surface area (Å²) in [4.78, 5) is 25.6. The van der Waals surface area contributed by atoms with E-state index in [2.05, 4.69) is 33.3 Å². The van der Waals surface area contributed by atoms with E-state index in [4.69, 9.17) is 9.47 Å². The molecular formula is C22H22N4O3S. The molecular weight excluding hydrogens is 400 g/mol. The normalized spacial score (nSPS) is 12.0. The van der Waals surface area contributed by atoms with Gasteiger partial charge in [0.2, 0.25) is 5.56 Å². The molecule has 0 amide bonds. The van der Waals surface area contributed by atoms with Crippen molar-refractivity contribution in [1.82, 2.24) is 15.0 Å². The maximum Gasteiger partial charge on any atom is 0.248 e. The molecule has 3 aromatic heterocycles. The number of nitrogens with zero attached hydrogens (tertiary/aromatic N) is 2. The summed E-state index contributed by atoms with van der Waals surface area (Å²) in [5.41, 5.74) is 1.58. The van der Waals surface area contributed by atoms with E-state index in [1.54, 1.807) is 37.8 Å². The van der Waals surface area contributed by atoms with Gasteiger partial charge in [0.15, 0.2) is 11.5 Å². The van der Waals surface area contributed by atoms with E-state index in [-0.39, 0.29) is 11.6 Å². The van der Waals surface area contributed by atoms with Crippen molar-refractivity contribution in [1.29, 1.82) is 0 Å². The van der Waals surface area contributed by atoms with Gasteiger partial charge in [-0.3, -0.25) is 4.79 Å². The fourth-order valence-corrected chi connectivity index (χ4v) is 4.30. The summed E-state index contributed by atoms with van der Waals surface area (Å²) in [5.74, 6) is 2.65. The van der Waals surface area contributed by atoms with Crippen LogP contribution in [0, 0.1) is 6.92 Å². The molecule has 2 N–H and O–H groups in total. The van der Waals surface area contributed by atoms with Gasteiger partial charge in [0.25, 0.3) is 0 Å². The molecule has 0 fully saturated rings. The number of benzene rings is 1. The number of thiophene rings is 1. The largest absolute Gasteiger partial charge is 0.493 e. The number of aromatic nitrogens is 3. The van der Waals surface area contributed by atoms with Gasteiger partial charge in [-0.05, 0) is 43.7 Å². The molecule has 8 heteroatoms. The summed E-state index contributed by atoms with van der Waals surface area (Å²) in [5, 5.41) is 4.36. The molecule has 0 bridgehead atoms. The highest BCUT2D eigenvalue weighted by atomic mass is 32.1. The number of anilines is 1. The Balaban J connectivity index is 1.68. The Morgan fingerprint density at radius 3 is 2.57 bits per heavy atom. The van der Waals surface area contributed by atoms with Crippen LogP contribution in [0.4, 0.5) is 5.82 Å². The lowest BCUT2D eigenvalue weighted by Gasteiger charge is -2.16. The Kier molecular flexibility index (Phi) is 5.41. The van der Waals surface area contributed by atoms with Crippen LogP contribution in [-0.4, -0.2) is 29.2 Å². The maximum atomic E-state index is 11.6. The van der Waals surface area contributed by atoms with Crippen molar-refractivity contribution in [3.8, 4) is 21.9 Å². The first-order valence-electron chi connectivity index (χ1n) is 9.44. The molecule has 0 spiro atoms. The van der Waals surface area contributed by atoms with Crippen LogP contribution in [0.15, 0.2) is 47.4 Å². The number of ether oxygens (including phenoxy) is 2. The highest BCUT2D eigenvalue weighted by molar-refractivity contribution is 7.15. The molecule has 0 aliphatic carbocycles. The van der Waals surface area contributed by atoms with Crippen molar-refractivity contribution in [3.05, 3.63) is 63.7 Å².